The van der Waals surface area contributed by atoms with Crippen LogP contribution in [0.15, 0.2) is 29.2 Å². The molecule has 5 heteroatoms. The molecule has 104 valence electrons. The molecule has 1 amide bonds. The Labute approximate surface area is 118 Å². The molecule has 2 N–H and O–H groups in total. The molecular weight excluding hydrogens is 260 g/mol. The normalized spacial score (nSPS) is 22.5. The van der Waals surface area contributed by atoms with Crippen LogP contribution in [0.3, 0.4) is 0 Å². The number of thioether (sulfide) groups is 1. The number of ether oxygens (including phenoxy) is 1. The van der Waals surface area contributed by atoms with Crippen molar-refractivity contribution in [2.75, 3.05) is 26.5 Å². The third-order valence-electron chi connectivity index (χ3n) is 3.40. The molecule has 2 unspecified atom stereocenters. The molecule has 0 bridgehead atoms. The molecule has 1 saturated heterocycles. The number of nitrogens with zero attached hydrogens (tertiary/aromatic N) is 1. The van der Waals surface area contributed by atoms with Crippen LogP contribution in [0.1, 0.15) is 5.56 Å². The van der Waals surface area contributed by atoms with E-state index in [1.165, 1.54) is 4.90 Å². The molecule has 1 aliphatic heterocycles. The Hall–Kier alpha value is -1.04. The predicted octanol–water partition coefficient (Wildman–Crippen LogP) is 1.34. The van der Waals surface area contributed by atoms with Gasteiger partial charge < -0.3 is 15.4 Å². The Morgan fingerprint density at radius 3 is 2.63 bits per heavy atom. The summed E-state index contributed by atoms with van der Waals surface area (Å²) in [4.78, 5) is 15.2. The van der Waals surface area contributed by atoms with Crippen molar-refractivity contribution in [2.45, 2.75) is 17.5 Å². The average molecular weight is 280 g/mol. The van der Waals surface area contributed by atoms with Gasteiger partial charge in [-0.1, -0.05) is 12.1 Å². The summed E-state index contributed by atoms with van der Waals surface area (Å²) in [5.74, 6) is -0.130. The summed E-state index contributed by atoms with van der Waals surface area (Å²) in [6, 6.07) is 8.08. The van der Waals surface area contributed by atoms with Gasteiger partial charge in [-0.3, -0.25) is 4.79 Å². The van der Waals surface area contributed by atoms with Crippen LogP contribution in [-0.2, 0) is 16.1 Å². The monoisotopic (exact) mass is 280 g/mol. The Kier molecular flexibility index (Phi) is 4.85. The summed E-state index contributed by atoms with van der Waals surface area (Å²) in [5.41, 5.74) is 7.00. The van der Waals surface area contributed by atoms with Gasteiger partial charge in [0.1, 0.15) is 0 Å². The standard InChI is InChI=1S/C14H20N2O2S/c1-16(14(17)12-8-18-9-13(12)15)7-10-3-5-11(19-2)6-4-10/h3-6,12-13H,7-9,15H2,1-2H3. The zero-order valence-corrected chi connectivity index (χ0v) is 12.2. The molecule has 0 spiro atoms. The van der Waals surface area contributed by atoms with E-state index in [0.717, 1.165) is 5.56 Å². The molecule has 0 aromatic heterocycles. The predicted molar refractivity (Wildman–Crippen MR) is 77.0 cm³/mol. The van der Waals surface area contributed by atoms with Crippen molar-refractivity contribution in [3.05, 3.63) is 29.8 Å². The van der Waals surface area contributed by atoms with Gasteiger partial charge in [0.15, 0.2) is 0 Å². The van der Waals surface area contributed by atoms with E-state index in [0.29, 0.717) is 19.8 Å². The van der Waals surface area contributed by atoms with E-state index in [9.17, 15) is 4.79 Å². The fourth-order valence-corrected chi connectivity index (χ4v) is 2.60. The minimum atomic E-state index is -0.199. The molecule has 1 fully saturated rings. The lowest BCUT2D eigenvalue weighted by Gasteiger charge is -2.22. The Morgan fingerprint density at radius 2 is 2.11 bits per heavy atom. The summed E-state index contributed by atoms with van der Waals surface area (Å²) >= 11 is 1.71. The Bertz CT molecular complexity index is 436. The van der Waals surface area contributed by atoms with E-state index < -0.39 is 0 Å². The quantitative estimate of drug-likeness (QED) is 0.846. The zero-order chi connectivity index (χ0) is 13.8. The number of amides is 1. The Balaban J connectivity index is 1.95. The van der Waals surface area contributed by atoms with Crippen molar-refractivity contribution < 1.29 is 9.53 Å². The number of benzene rings is 1. The lowest BCUT2D eigenvalue weighted by Crippen LogP contribution is -2.41. The third kappa shape index (κ3) is 3.49. The largest absolute Gasteiger partial charge is 0.379 e. The fraction of sp³-hybridized carbons (Fsp3) is 0.500. The van der Waals surface area contributed by atoms with Crippen molar-refractivity contribution in [3.8, 4) is 0 Å². The minimum Gasteiger partial charge on any atom is -0.379 e. The number of hydrogen-bond acceptors (Lipinski definition) is 4. The Morgan fingerprint density at radius 1 is 1.42 bits per heavy atom. The lowest BCUT2D eigenvalue weighted by molar-refractivity contribution is -0.135. The first-order chi connectivity index (χ1) is 9.11. The molecule has 2 atom stereocenters. The summed E-state index contributed by atoms with van der Waals surface area (Å²) in [6.07, 6.45) is 2.05. The highest BCUT2D eigenvalue weighted by Crippen LogP contribution is 2.18. The molecule has 4 nitrogen and oxygen atoms in total. The number of hydrogen-bond donors (Lipinski definition) is 1. The average Bonchev–Trinajstić information content (AvgIpc) is 2.85. The molecule has 1 aromatic carbocycles. The van der Waals surface area contributed by atoms with Crippen molar-refractivity contribution >= 4 is 17.7 Å². The molecule has 0 saturated carbocycles. The van der Waals surface area contributed by atoms with E-state index in [2.05, 4.69) is 24.3 Å². The summed E-state index contributed by atoms with van der Waals surface area (Å²) in [7, 11) is 1.82. The molecule has 2 rings (SSSR count). The fourth-order valence-electron chi connectivity index (χ4n) is 2.19. The second-order valence-corrected chi connectivity index (χ2v) is 5.73. The van der Waals surface area contributed by atoms with Crippen LogP contribution >= 0.6 is 11.8 Å². The molecule has 1 aromatic rings. The number of nitrogens with two attached hydrogens (primary N) is 1. The molecule has 1 heterocycles. The van der Waals surface area contributed by atoms with Gasteiger partial charge in [0.2, 0.25) is 5.91 Å². The topological polar surface area (TPSA) is 55.6 Å². The SMILES string of the molecule is CSc1ccc(CN(C)C(=O)C2COCC2N)cc1. The highest BCUT2D eigenvalue weighted by atomic mass is 32.2. The van der Waals surface area contributed by atoms with Crippen LogP contribution in [0.2, 0.25) is 0 Å². The zero-order valence-electron chi connectivity index (χ0n) is 11.3. The van der Waals surface area contributed by atoms with Gasteiger partial charge in [0.25, 0.3) is 0 Å². The first-order valence-electron chi connectivity index (χ1n) is 6.33. The molecule has 19 heavy (non-hydrogen) atoms. The highest BCUT2D eigenvalue weighted by molar-refractivity contribution is 7.98. The smallest absolute Gasteiger partial charge is 0.229 e. The molecular formula is C14H20N2O2S. The second kappa shape index (κ2) is 6.41. The van der Waals surface area contributed by atoms with Crippen LogP contribution in [0.4, 0.5) is 0 Å². The summed E-state index contributed by atoms with van der Waals surface area (Å²) in [5, 5.41) is 0. The number of carbonyl (C=O) groups is 1. The highest BCUT2D eigenvalue weighted by Gasteiger charge is 2.33. The van der Waals surface area contributed by atoms with Crippen LogP contribution in [-0.4, -0.2) is 43.4 Å². The first-order valence-corrected chi connectivity index (χ1v) is 7.55. The second-order valence-electron chi connectivity index (χ2n) is 4.85. The molecule has 0 radical (unpaired) electrons. The van der Waals surface area contributed by atoms with Crippen molar-refractivity contribution in [1.82, 2.24) is 4.90 Å². The van der Waals surface area contributed by atoms with Crippen LogP contribution in [0.25, 0.3) is 0 Å². The van der Waals surface area contributed by atoms with Gasteiger partial charge in [-0.05, 0) is 24.0 Å². The number of rotatable bonds is 4. The van der Waals surface area contributed by atoms with Gasteiger partial charge in [0.05, 0.1) is 19.1 Å². The van der Waals surface area contributed by atoms with Crippen molar-refractivity contribution in [3.63, 3.8) is 0 Å². The molecule has 0 aliphatic carbocycles. The third-order valence-corrected chi connectivity index (χ3v) is 4.14. The van der Waals surface area contributed by atoms with Crippen LogP contribution in [0, 0.1) is 5.92 Å². The van der Waals surface area contributed by atoms with Gasteiger partial charge in [-0.25, -0.2) is 0 Å². The van der Waals surface area contributed by atoms with Gasteiger partial charge >= 0.3 is 0 Å². The van der Waals surface area contributed by atoms with Gasteiger partial charge in [-0.2, -0.15) is 0 Å². The van der Waals surface area contributed by atoms with Crippen molar-refractivity contribution in [1.29, 1.82) is 0 Å². The molecule has 1 aliphatic rings. The van der Waals surface area contributed by atoms with Crippen LogP contribution in [0.5, 0.6) is 0 Å². The maximum Gasteiger partial charge on any atom is 0.229 e. The van der Waals surface area contributed by atoms with Crippen molar-refractivity contribution in [2.24, 2.45) is 11.7 Å². The first kappa shape index (κ1) is 14.4. The van der Waals surface area contributed by atoms with Crippen LogP contribution < -0.4 is 5.73 Å². The van der Waals surface area contributed by atoms with Gasteiger partial charge in [0, 0.05) is 24.5 Å². The minimum absolute atomic E-state index is 0.0685. The maximum absolute atomic E-state index is 12.2. The van der Waals surface area contributed by atoms with E-state index in [1.54, 1.807) is 16.7 Å². The number of carbonyl (C=O) groups excluding carboxylic acids is 1. The van der Waals surface area contributed by atoms with E-state index in [4.69, 9.17) is 10.5 Å². The van der Waals surface area contributed by atoms with Gasteiger partial charge in [-0.15, -0.1) is 11.8 Å². The van der Waals surface area contributed by atoms with E-state index in [-0.39, 0.29) is 17.9 Å². The maximum atomic E-state index is 12.2. The summed E-state index contributed by atoms with van der Waals surface area (Å²) < 4.78 is 5.25. The van der Waals surface area contributed by atoms with E-state index >= 15 is 0 Å². The summed E-state index contributed by atoms with van der Waals surface area (Å²) in [6.45, 7) is 1.53. The van der Waals surface area contributed by atoms with E-state index in [1.807, 2.05) is 13.3 Å². The lowest BCUT2D eigenvalue weighted by atomic mass is 10.0.